The number of nitrogens with zero attached hydrogens (tertiary/aromatic N) is 4. The quantitative estimate of drug-likeness (QED) is 0.486. The molecule has 30 heavy (non-hydrogen) atoms. The Morgan fingerprint density at radius 3 is 2.73 bits per heavy atom. The van der Waals surface area contributed by atoms with Gasteiger partial charge in [0.25, 0.3) is 11.6 Å². The third-order valence-electron chi connectivity index (χ3n) is 4.98. The molecule has 2 heterocycles. The number of aryl methyl sites for hydroxylation is 1. The standard InChI is InChI=1S/C21H19FN4O4/c1-24-12-18(20(23-24)14-5-7-17(8-6-14)26(28)29)21(27)25-9-10-30-19(13-25)15-3-2-4-16(22)11-15/h2-8,11-12,19H,9-10,13H2,1H3. The molecule has 0 bridgehead atoms. The van der Waals surface area contributed by atoms with Crippen molar-refractivity contribution in [3.05, 3.63) is 81.8 Å². The van der Waals surface area contributed by atoms with Gasteiger partial charge in [-0.3, -0.25) is 19.6 Å². The van der Waals surface area contributed by atoms with Gasteiger partial charge in [0.05, 0.1) is 23.6 Å². The Bertz CT molecular complexity index is 1100. The van der Waals surface area contributed by atoms with E-state index in [4.69, 9.17) is 4.74 Å². The fourth-order valence-corrected chi connectivity index (χ4v) is 3.51. The van der Waals surface area contributed by atoms with Gasteiger partial charge in [0.1, 0.15) is 17.6 Å². The molecule has 4 rings (SSSR count). The fourth-order valence-electron chi connectivity index (χ4n) is 3.51. The molecule has 8 nitrogen and oxygen atoms in total. The predicted octanol–water partition coefficient (Wildman–Crippen LogP) is 3.35. The van der Waals surface area contributed by atoms with E-state index in [-0.39, 0.29) is 24.0 Å². The number of nitro benzene ring substituents is 1. The van der Waals surface area contributed by atoms with Crippen molar-refractivity contribution in [1.29, 1.82) is 0 Å². The molecule has 1 aromatic heterocycles. The zero-order valence-electron chi connectivity index (χ0n) is 16.2. The summed E-state index contributed by atoms with van der Waals surface area (Å²) in [7, 11) is 1.71. The zero-order valence-corrected chi connectivity index (χ0v) is 16.2. The molecule has 2 aromatic carbocycles. The van der Waals surface area contributed by atoms with E-state index in [9.17, 15) is 19.3 Å². The minimum absolute atomic E-state index is 0.0336. The third kappa shape index (κ3) is 3.92. The van der Waals surface area contributed by atoms with E-state index in [1.807, 2.05) is 0 Å². The van der Waals surface area contributed by atoms with Crippen LogP contribution in [0.25, 0.3) is 11.3 Å². The van der Waals surface area contributed by atoms with Crippen molar-refractivity contribution in [3.8, 4) is 11.3 Å². The highest BCUT2D eigenvalue weighted by Crippen LogP contribution is 2.28. The van der Waals surface area contributed by atoms with E-state index in [0.29, 0.717) is 35.5 Å². The summed E-state index contributed by atoms with van der Waals surface area (Å²) < 4.78 is 20.9. The van der Waals surface area contributed by atoms with Gasteiger partial charge in [-0.2, -0.15) is 5.10 Å². The molecule has 1 saturated heterocycles. The van der Waals surface area contributed by atoms with Gasteiger partial charge in [-0.15, -0.1) is 0 Å². The predicted molar refractivity (Wildman–Crippen MR) is 106 cm³/mol. The number of rotatable bonds is 4. The van der Waals surface area contributed by atoms with Crippen LogP contribution in [0, 0.1) is 15.9 Å². The number of benzene rings is 2. The van der Waals surface area contributed by atoms with Gasteiger partial charge >= 0.3 is 0 Å². The van der Waals surface area contributed by atoms with Crippen LogP contribution < -0.4 is 0 Å². The smallest absolute Gasteiger partial charge is 0.269 e. The van der Waals surface area contributed by atoms with Crippen LogP contribution in [0.1, 0.15) is 22.0 Å². The number of ether oxygens (including phenoxy) is 1. The van der Waals surface area contributed by atoms with Crippen molar-refractivity contribution in [2.45, 2.75) is 6.10 Å². The summed E-state index contributed by atoms with van der Waals surface area (Å²) in [4.78, 5) is 25.3. The van der Waals surface area contributed by atoms with Gasteiger partial charge < -0.3 is 9.64 Å². The topological polar surface area (TPSA) is 90.5 Å². The van der Waals surface area contributed by atoms with Gasteiger partial charge in [0.2, 0.25) is 0 Å². The molecule has 0 spiro atoms. The van der Waals surface area contributed by atoms with Crippen LogP contribution in [0.2, 0.25) is 0 Å². The van der Waals surface area contributed by atoms with Gasteiger partial charge in [-0.1, -0.05) is 12.1 Å². The summed E-state index contributed by atoms with van der Waals surface area (Å²) in [6, 6.07) is 12.1. The summed E-state index contributed by atoms with van der Waals surface area (Å²) in [6.07, 6.45) is 1.21. The first-order chi connectivity index (χ1) is 14.4. The number of amides is 1. The fraction of sp³-hybridized carbons (Fsp3) is 0.238. The SMILES string of the molecule is Cn1cc(C(=O)N2CCOC(c3cccc(F)c3)C2)c(-c2ccc([N+](=O)[O-])cc2)n1. The van der Waals surface area contributed by atoms with E-state index >= 15 is 0 Å². The van der Waals surface area contributed by atoms with Crippen LogP contribution in [0.5, 0.6) is 0 Å². The number of non-ortho nitro benzene ring substituents is 1. The number of hydrogen-bond donors (Lipinski definition) is 0. The van der Waals surface area contributed by atoms with Crippen molar-refractivity contribution >= 4 is 11.6 Å². The number of nitro groups is 1. The Labute approximate surface area is 171 Å². The number of carbonyl (C=O) groups excluding carboxylic acids is 1. The van der Waals surface area contributed by atoms with Gasteiger partial charge in [-0.05, 0) is 29.8 Å². The monoisotopic (exact) mass is 410 g/mol. The molecule has 1 amide bonds. The molecule has 1 aliphatic rings. The van der Waals surface area contributed by atoms with Crippen molar-refractivity contribution in [3.63, 3.8) is 0 Å². The van der Waals surface area contributed by atoms with E-state index in [0.717, 1.165) is 0 Å². The molecule has 1 atom stereocenters. The molecule has 3 aromatic rings. The van der Waals surface area contributed by atoms with E-state index < -0.39 is 11.0 Å². The lowest BCUT2D eigenvalue weighted by molar-refractivity contribution is -0.384. The maximum absolute atomic E-state index is 13.6. The molecule has 1 unspecified atom stereocenters. The molecule has 1 fully saturated rings. The highest BCUT2D eigenvalue weighted by molar-refractivity contribution is 6.00. The lowest BCUT2D eigenvalue weighted by Gasteiger charge is -2.33. The maximum Gasteiger partial charge on any atom is 0.269 e. The molecule has 0 aliphatic carbocycles. The highest BCUT2D eigenvalue weighted by atomic mass is 19.1. The van der Waals surface area contributed by atoms with Crippen LogP contribution in [-0.2, 0) is 11.8 Å². The van der Waals surface area contributed by atoms with E-state index in [1.54, 1.807) is 42.4 Å². The molecular formula is C21H19FN4O4. The van der Waals surface area contributed by atoms with Crippen molar-refractivity contribution in [1.82, 2.24) is 14.7 Å². The lowest BCUT2D eigenvalue weighted by atomic mass is 10.0. The average Bonchev–Trinajstić information content (AvgIpc) is 3.15. The van der Waals surface area contributed by atoms with Crippen molar-refractivity contribution < 1.29 is 18.8 Å². The average molecular weight is 410 g/mol. The molecule has 0 N–H and O–H groups in total. The van der Waals surface area contributed by atoms with E-state index in [1.165, 1.54) is 28.9 Å². The number of carbonyl (C=O) groups is 1. The van der Waals surface area contributed by atoms with Crippen LogP contribution in [0.3, 0.4) is 0 Å². The summed E-state index contributed by atoms with van der Waals surface area (Å²) in [5.41, 5.74) is 2.10. The maximum atomic E-state index is 13.6. The number of halogens is 1. The van der Waals surface area contributed by atoms with Crippen molar-refractivity contribution in [2.75, 3.05) is 19.7 Å². The molecule has 0 radical (unpaired) electrons. The lowest BCUT2D eigenvalue weighted by Crippen LogP contribution is -2.42. The zero-order chi connectivity index (χ0) is 21.3. The van der Waals surface area contributed by atoms with Gasteiger partial charge in [0, 0.05) is 37.5 Å². The molecule has 9 heteroatoms. The first kappa shape index (κ1) is 19.7. The van der Waals surface area contributed by atoms with Crippen LogP contribution >= 0.6 is 0 Å². The van der Waals surface area contributed by atoms with Crippen LogP contribution in [0.15, 0.2) is 54.7 Å². The Hall–Kier alpha value is -3.59. The highest BCUT2D eigenvalue weighted by Gasteiger charge is 2.29. The van der Waals surface area contributed by atoms with Gasteiger partial charge in [0.15, 0.2) is 0 Å². The summed E-state index contributed by atoms with van der Waals surface area (Å²) in [5, 5.41) is 15.3. The number of morpholine rings is 1. The molecule has 154 valence electrons. The van der Waals surface area contributed by atoms with Gasteiger partial charge in [-0.25, -0.2) is 4.39 Å². The second-order valence-corrected chi connectivity index (χ2v) is 7.03. The largest absolute Gasteiger partial charge is 0.370 e. The second kappa shape index (κ2) is 8.03. The molecule has 1 aliphatic heterocycles. The summed E-state index contributed by atoms with van der Waals surface area (Å²) >= 11 is 0. The third-order valence-corrected chi connectivity index (χ3v) is 4.98. The first-order valence-electron chi connectivity index (χ1n) is 9.37. The van der Waals surface area contributed by atoms with Crippen molar-refractivity contribution in [2.24, 2.45) is 7.05 Å². The Balaban J connectivity index is 1.59. The Morgan fingerprint density at radius 2 is 2.03 bits per heavy atom. The molecular weight excluding hydrogens is 391 g/mol. The van der Waals surface area contributed by atoms with Crippen LogP contribution in [0.4, 0.5) is 10.1 Å². The van der Waals surface area contributed by atoms with Crippen LogP contribution in [-0.4, -0.2) is 45.2 Å². The van der Waals surface area contributed by atoms with E-state index in [2.05, 4.69) is 5.10 Å². The summed E-state index contributed by atoms with van der Waals surface area (Å²) in [6.45, 7) is 1.02. The minimum atomic E-state index is -0.478. The second-order valence-electron chi connectivity index (χ2n) is 7.03. The first-order valence-corrected chi connectivity index (χ1v) is 9.37. The Kier molecular flexibility index (Phi) is 5.28. The number of aromatic nitrogens is 2. The minimum Gasteiger partial charge on any atom is -0.370 e. The number of hydrogen-bond acceptors (Lipinski definition) is 5. The Morgan fingerprint density at radius 1 is 1.27 bits per heavy atom. The normalized spacial score (nSPS) is 16.5. The summed E-state index contributed by atoms with van der Waals surface area (Å²) in [5.74, 6) is -0.576. The molecule has 0 saturated carbocycles.